The van der Waals surface area contributed by atoms with Crippen molar-refractivity contribution in [2.24, 2.45) is 5.92 Å². The van der Waals surface area contributed by atoms with E-state index in [2.05, 4.69) is 17.1 Å². The van der Waals surface area contributed by atoms with Crippen LogP contribution in [-0.4, -0.2) is 48.3 Å². The normalized spacial score (nSPS) is 31.7. The van der Waals surface area contributed by atoms with Crippen molar-refractivity contribution in [3.63, 3.8) is 0 Å². The molecular weight excluding hydrogens is 224 g/mol. The number of hydrogen-bond acceptors (Lipinski definition) is 3. The van der Waals surface area contributed by atoms with Crippen molar-refractivity contribution >= 4 is 0 Å². The molecule has 0 spiro atoms. The van der Waals surface area contributed by atoms with Crippen LogP contribution in [-0.2, 0) is 0 Å². The lowest BCUT2D eigenvalue weighted by molar-refractivity contribution is 0.117. The number of likely N-dealkylation sites (tertiary alicyclic amines) is 1. The predicted octanol–water partition coefficient (Wildman–Crippen LogP) is 2.00. The fourth-order valence-electron chi connectivity index (χ4n) is 3.68. The molecule has 2 fully saturated rings. The number of nitrogens with zero attached hydrogens (tertiary/aromatic N) is 1. The van der Waals surface area contributed by atoms with Crippen LogP contribution in [0.1, 0.15) is 51.9 Å². The summed E-state index contributed by atoms with van der Waals surface area (Å²) in [7, 11) is 0. The summed E-state index contributed by atoms with van der Waals surface area (Å²) in [6.45, 7) is 6.12. The molecule has 18 heavy (non-hydrogen) atoms. The molecule has 0 aromatic carbocycles. The van der Waals surface area contributed by atoms with E-state index in [-0.39, 0.29) is 0 Å². The zero-order chi connectivity index (χ0) is 12.8. The Morgan fingerprint density at radius 3 is 2.56 bits per heavy atom. The molecule has 2 aliphatic rings. The number of rotatable bonds is 5. The summed E-state index contributed by atoms with van der Waals surface area (Å²) >= 11 is 0. The van der Waals surface area contributed by atoms with E-state index < -0.39 is 0 Å². The van der Waals surface area contributed by atoms with Crippen LogP contribution in [0, 0.1) is 5.92 Å². The molecule has 0 radical (unpaired) electrons. The van der Waals surface area contributed by atoms with Crippen molar-refractivity contribution in [2.45, 2.75) is 64.0 Å². The minimum Gasteiger partial charge on any atom is -0.396 e. The van der Waals surface area contributed by atoms with Crippen LogP contribution in [0.25, 0.3) is 0 Å². The Kier molecular flexibility index (Phi) is 5.93. The highest BCUT2D eigenvalue weighted by molar-refractivity contribution is 4.86. The lowest BCUT2D eigenvalue weighted by Gasteiger charge is -2.39. The van der Waals surface area contributed by atoms with Crippen LogP contribution in [0.4, 0.5) is 0 Å². The predicted molar refractivity (Wildman–Crippen MR) is 75.7 cm³/mol. The van der Waals surface area contributed by atoms with Crippen LogP contribution in [0.15, 0.2) is 0 Å². The largest absolute Gasteiger partial charge is 0.396 e. The molecule has 3 heteroatoms. The van der Waals surface area contributed by atoms with Gasteiger partial charge in [-0.2, -0.15) is 0 Å². The van der Waals surface area contributed by atoms with Gasteiger partial charge in [0.2, 0.25) is 0 Å². The van der Waals surface area contributed by atoms with E-state index in [0.717, 1.165) is 19.0 Å². The van der Waals surface area contributed by atoms with Crippen molar-refractivity contribution in [1.29, 1.82) is 0 Å². The molecule has 1 saturated carbocycles. The first-order valence-corrected chi connectivity index (χ1v) is 7.91. The lowest BCUT2D eigenvalue weighted by atomic mass is 9.89. The van der Waals surface area contributed by atoms with Gasteiger partial charge in [0.15, 0.2) is 0 Å². The van der Waals surface area contributed by atoms with Gasteiger partial charge in [0, 0.05) is 31.8 Å². The van der Waals surface area contributed by atoms with Gasteiger partial charge in [-0.15, -0.1) is 0 Å². The summed E-state index contributed by atoms with van der Waals surface area (Å²) in [6, 6.07) is 1.41. The van der Waals surface area contributed by atoms with Gasteiger partial charge in [0.05, 0.1) is 0 Å². The van der Waals surface area contributed by atoms with E-state index in [1.165, 1.54) is 51.6 Å². The molecule has 0 aromatic rings. The maximum Gasteiger partial charge on any atom is 0.0434 e. The van der Waals surface area contributed by atoms with Gasteiger partial charge in [-0.05, 0) is 38.1 Å². The molecule has 2 N–H and O–H groups in total. The number of hydrogen-bond donors (Lipinski definition) is 2. The Morgan fingerprint density at radius 1 is 1.11 bits per heavy atom. The smallest absolute Gasteiger partial charge is 0.0434 e. The minimum absolute atomic E-state index is 0.346. The Morgan fingerprint density at radius 2 is 1.89 bits per heavy atom. The van der Waals surface area contributed by atoms with E-state index >= 15 is 0 Å². The highest BCUT2D eigenvalue weighted by Gasteiger charge is 2.27. The summed E-state index contributed by atoms with van der Waals surface area (Å²) in [6.07, 6.45) is 9.20. The quantitative estimate of drug-likeness (QED) is 0.788. The average molecular weight is 254 g/mol. The van der Waals surface area contributed by atoms with Crippen molar-refractivity contribution in [2.75, 3.05) is 26.2 Å². The highest BCUT2D eigenvalue weighted by Crippen LogP contribution is 2.23. The van der Waals surface area contributed by atoms with Gasteiger partial charge in [0.25, 0.3) is 0 Å². The molecule has 0 aromatic heterocycles. The first-order chi connectivity index (χ1) is 8.81. The van der Waals surface area contributed by atoms with Crippen LogP contribution in [0.3, 0.4) is 0 Å². The third-order valence-electron chi connectivity index (χ3n) is 4.67. The van der Waals surface area contributed by atoms with E-state index in [1.807, 2.05) is 0 Å². The molecule has 2 unspecified atom stereocenters. The number of nitrogens with one attached hydrogen (secondary N) is 1. The van der Waals surface area contributed by atoms with Crippen LogP contribution < -0.4 is 5.32 Å². The molecule has 0 bridgehead atoms. The summed E-state index contributed by atoms with van der Waals surface area (Å²) in [5.41, 5.74) is 0. The molecule has 2 atom stereocenters. The number of piperidine rings is 1. The lowest BCUT2D eigenvalue weighted by Crippen LogP contribution is -2.52. The van der Waals surface area contributed by atoms with Crippen molar-refractivity contribution in [3.05, 3.63) is 0 Å². The molecule has 1 heterocycles. The molecule has 106 valence electrons. The topological polar surface area (TPSA) is 35.5 Å². The van der Waals surface area contributed by atoms with Crippen molar-refractivity contribution in [1.82, 2.24) is 10.2 Å². The molecule has 2 rings (SSSR count). The second-order valence-corrected chi connectivity index (χ2v) is 6.16. The molecule has 0 amide bonds. The van der Waals surface area contributed by atoms with Crippen LogP contribution >= 0.6 is 0 Å². The van der Waals surface area contributed by atoms with E-state index in [1.54, 1.807) is 0 Å². The molecule has 1 aliphatic heterocycles. The Balaban J connectivity index is 1.81. The van der Waals surface area contributed by atoms with Gasteiger partial charge < -0.3 is 15.3 Å². The van der Waals surface area contributed by atoms with Crippen molar-refractivity contribution < 1.29 is 5.11 Å². The van der Waals surface area contributed by atoms with Crippen LogP contribution in [0.5, 0.6) is 0 Å². The summed E-state index contributed by atoms with van der Waals surface area (Å²) in [4.78, 5) is 2.55. The van der Waals surface area contributed by atoms with E-state index in [9.17, 15) is 0 Å². The molecular formula is C15H30N2O. The second-order valence-electron chi connectivity index (χ2n) is 6.16. The van der Waals surface area contributed by atoms with E-state index in [4.69, 9.17) is 5.11 Å². The van der Waals surface area contributed by atoms with Gasteiger partial charge in [-0.1, -0.05) is 26.2 Å². The molecule has 3 nitrogen and oxygen atoms in total. The Labute approximate surface area is 112 Å². The number of likely N-dealkylation sites (N-methyl/N-ethyl adjacent to an activating group) is 1. The Bertz CT molecular complexity index is 229. The fourth-order valence-corrected chi connectivity index (χ4v) is 3.68. The first kappa shape index (κ1) is 14.3. The monoisotopic (exact) mass is 254 g/mol. The van der Waals surface area contributed by atoms with Gasteiger partial charge in [0.1, 0.15) is 0 Å². The van der Waals surface area contributed by atoms with Crippen LogP contribution in [0.2, 0.25) is 0 Å². The van der Waals surface area contributed by atoms with Gasteiger partial charge >= 0.3 is 0 Å². The summed E-state index contributed by atoms with van der Waals surface area (Å²) < 4.78 is 0. The maximum absolute atomic E-state index is 9.15. The third-order valence-corrected chi connectivity index (χ3v) is 4.67. The SMILES string of the molecule is CCN1CC(CCO)CC(NC2CCCCC2)C1. The number of aliphatic hydroxyl groups is 1. The first-order valence-electron chi connectivity index (χ1n) is 7.91. The third kappa shape index (κ3) is 4.22. The second kappa shape index (κ2) is 7.46. The summed E-state index contributed by atoms with van der Waals surface area (Å²) in [5, 5.41) is 13.0. The fraction of sp³-hybridized carbons (Fsp3) is 1.00. The van der Waals surface area contributed by atoms with Crippen molar-refractivity contribution in [3.8, 4) is 0 Å². The van der Waals surface area contributed by atoms with Gasteiger partial charge in [-0.3, -0.25) is 0 Å². The molecule has 1 aliphatic carbocycles. The standard InChI is InChI=1S/C15H30N2O/c1-2-17-11-13(8-9-18)10-15(12-17)16-14-6-4-3-5-7-14/h13-16,18H,2-12H2,1H3. The van der Waals surface area contributed by atoms with E-state index in [0.29, 0.717) is 18.6 Å². The zero-order valence-electron chi connectivity index (χ0n) is 11.9. The highest BCUT2D eigenvalue weighted by atomic mass is 16.3. The maximum atomic E-state index is 9.15. The zero-order valence-corrected chi connectivity index (χ0v) is 11.9. The molecule has 1 saturated heterocycles. The average Bonchev–Trinajstić information content (AvgIpc) is 2.40. The summed E-state index contributed by atoms with van der Waals surface area (Å²) in [5.74, 6) is 0.685. The minimum atomic E-state index is 0.346. The van der Waals surface area contributed by atoms with Gasteiger partial charge in [-0.25, -0.2) is 0 Å². The Hall–Kier alpha value is -0.120. The number of aliphatic hydroxyl groups excluding tert-OH is 1.